The molecule has 0 spiro atoms. The lowest BCUT2D eigenvalue weighted by atomic mass is 10.1. The minimum atomic E-state index is -0.532. The predicted octanol–water partition coefficient (Wildman–Crippen LogP) is 5.55. The highest BCUT2D eigenvalue weighted by Gasteiger charge is 2.22. The Kier molecular flexibility index (Phi) is 7.41. The maximum absolute atomic E-state index is 11.2. The number of nitro benzene ring substituents is 1. The van der Waals surface area contributed by atoms with Gasteiger partial charge in [-0.05, 0) is 77.9 Å². The second-order valence-electron chi connectivity index (χ2n) is 6.55. The summed E-state index contributed by atoms with van der Waals surface area (Å²) in [6, 6.07) is 9.70. The highest BCUT2D eigenvalue weighted by Crippen LogP contribution is 2.36. The number of ether oxygens (including phenoxy) is 2. The van der Waals surface area contributed by atoms with Gasteiger partial charge in [-0.15, -0.1) is 0 Å². The summed E-state index contributed by atoms with van der Waals surface area (Å²) < 4.78 is 17.5. The van der Waals surface area contributed by atoms with Crippen molar-refractivity contribution in [2.24, 2.45) is 0 Å². The summed E-state index contributed by atoms with van der Waals surface area (Å²) in [5.41, 5.74) is 1.53. The smallest absolute Gasteiger partial charge is 0.338 e. The van der Waals surface area contributed by atoms with Crippen LogP contribution >= 0.6 is 22.6 Å². The summed E-state index contributed by atoms with van der Waals surface area (Å²) in [6.07, 6.45) is 3.15. The Morgan fingerprint density at radius 3 is 2.44 bits per heavy atom. The minimum absolute atomic E-state index is 0.0108. The molecular formula is C21H18IN3O7. The third-order valence-electron chi connectivity index (χ3n) is 4.33. The Morgan fingerprint density at radius 1 is 1.09 bits per heavy atom. The molecule has 3 aromatic rings. The van der Waals surface area contributed by atoms with E-state index in [9.17, 15) is 20.2 Å². The van der Waals surface area contributed by atoms with Crippen LogP contribution in [0.4, 0.5) is 11.4 Å². The van der Waals surface area contributed by atoms with Crippen LogP contribution in [0.1, 0.15) is 29.5 Å². The standard InChI is InChI=1S/C21H18IN3O7/c1-3-30-19-11-15(6-9-18-20(25(28)29)13(2)23-32-18)10-17(22)21(19)31-12-14-4-7-16(8-5-14)24(26)27/h4-11H,3,12H2,1-2H3/b9-6-. The molecule has 1 heterocycles. The number of rotatable bonds is 9. The molecule has 1 aromatic heterocycles. The van der Waals surface area contributed by atoms with Crippen LogP contribution in [0.2, 0.25) is 0 Å². The van der Waals surface area contributed by atoms with E-state index >= 15 is 0 Å². The van der Waals surface area contributed by atoms with Gasteiger partial charge in [-0.1, -0.05) is 11.2 Å². The number of benzene rings is 2. The van der Waals surface area contributed by atoms with Crippen molar-refractivity contribution in [2.45, 2.75) is 20.5 Å². The maximum atomic E-state index is 11.2. The fraction of sp³-hybridized carbons (Fsp3) is 0.190. The second kappa shape index (κ2) is 10.2. The summed E-state index contributed by atoms with van der Waals surface area (Å²) in [4.78, 5) is 21.0. The number of aromatic nitrogens is 1. The van der Waals surface area contributed by atoms with Gasteiger partial charge in [0.15, 0.2) is 17.2 Å². The fourth-order valence-corrected chi connectivity index (χ4v) is 3.62. The molecule has 0 aliphatic carbocycles. The summed E-state index contributed by atoms with van der Waals surface area (Å²) in [7, 11) is 0. The first kappa shape index (κ1) is 23.2. The molecule has 0 N–H and O–H groups in total. The Hall–Kier alpha value is -3.48. The van der Waals surface area contributed by atoms with Crippen LogP contribution in [0.15, 0.2) is 40.9 Å². The van der Waals surface area contributed by atoms with E-state index in [-0.39, 0.29) is 29.4 Å². The molecule has 0 aliphatic rings. The van der Waals surface area contributed by atoms with E-state index in [1.54, 1.807) is 24.3 Å². The third kappa shape index (κ3) is 5.41. The molecule has 10 nitrogen and oxygen atoms in total. The molecule has 2 aromatic carbocycles. The van der Waals surface area contributed by atoms with E-state index in [1.807, 2.05) is 13.0 Å². The molecule has 0 bridgehead atoms. The molecule has 3 rings (SSSR count). The number of nitro groups is 2. The van der Waals surface area contributed by atoms with Crippen LogP contribution in [-0.2, 0) is 6.61 Å². The number of hydrogen-bond acceptors (Lipinski definition) is 8. The molecule has 0 saturated heterocycles. The summed E-state index contributed by atoms with van der Waals surface area (Å²) in [6.45, 7) is 3.96. The van der Waals surface area contributed by atoms with Crippen LogP contribution in [0.3, 0.4) is 0 Å². The van der Waals surface area contributed by atoms with Gasteiger partial charge in [0.1, 0.15) is 6.61 Å². The average molecular weight is 551 g/mol. The van der Waals surface area contributed by atoms with E-state index in [4.69, 9.17) is 14.0 Å². The van der Waals surface area contributed by atoms with Crippen LogP contribution in [0.5, 0.6) is 11.5 Å². The van der Waals surface area contributed by atoms with E-state index < -0.39 is 9.85 Å². The molecule has 166 valence electrons. The lowest BCUT2D eigenvalue weighted by Crippen LogP contribution is -2.02. The fourth-order valence-electron chi connectivity index (χ4n) is 2.84. The van der Waals surface area contributed by atoms with Crippen LogP contribution < -0.4 is 9.47 Å². The SMILES string of the molecule is CCOc1cc(/C=C\c2onc(C)c2[N+](=O)[O-])cc(I)c1OCc1ccc([N+](=O)[O-])cc1. The second-order valence-corrected chi connectivity index (χ2v) is 7.71. The zero-order valence-corrected chi connectivity index (χ0v) is 19.3. The molecular weight excluding hydrogens is 533 g/mol. The number of halogens is 1. The Balaban J connectivity index is 1.83. The van der Waals surface area contributed by atoms with Crippen molar-refractivity contribution in [1.82, 2.24) is 5.16 Å². The van der Waals surface area contributed by atoms with Crippen molar-refractivity contribution in [2.75, 3.05) is 6.61 Å². The molecule has 0 saturated carbocycles. The van der Waals surface area contributed by atoms with Gasteiger partial charge in [0, 0.05) is 12.1 Å². The van der Waals surface area contributed by atoms with E-state index in [1.165, 1.54) is 25.1 Å². The van der Waals surface area contributed by atoms with E-state index in [0.717, 1.165) is 14.7 Å². The highest BCUT2D eigenvalue weighted by atomic mass is 127. The Labute approximate surface area is 196 Å². The third-order valence-corrected chi connectivity index (χ3v) is 5.13. The number of hydrogen-bond donors (Lipinski definition) is 0. The first-order valence-corrected chi connectivity index (χ1v) is 10.5. The lowest BCUT2D eigenvalue weighted by Gasteiger charge is -2.15. The first-order chi connectivity index (χ1) is 15.3. The van der Waals surface area contributed by atoms with Gasteiger partial charge in [-0.25, -0.2) is 0 Å². The normalized spacial score (nSPS) is 11.0. The minimum Gasteiger partial charge on any atom is -0.490 e. The van der Waals surface area contributed by atoms with Gasteiger partial charge < -0.3 is 14.0 Å². The Bertz CT molecular complexity index is 1170. The van der Waals surface area contributed by atoms with Crippen molar-refractivity contribution in [1.29, 1.82) is 0 Å². The molecule has 0 radical (unpaired) electrons. The maximum Gasteiger partial charge on any atom is 0.338 e. The van der Waals surface area contributed by atoms with Crippen molar-refractivity contribution in [3.8, 4) is 11.5 Å². The summed E-state index contributed by atoms with van der Waals surface area (Å²) >= 11 is 2.11. The zero-order chi connectivity index (χ0) is 23.3. The van der Waals surface area contributed by atoms with Crippen molar-refractivity contribution < 1.29 is 23.8 Å². The molecule has 0 aliphatic heterocycles. The first-order valence-electron chi connectivity index (χ1n) is 9.41. The van der Waals surface area contributed by atoms with Gasteiger partial charge in [-0.2, -0.15) is 0 Å². The summed E-state index contributed by atoms with van der Waals surface area (Å²) in [5.74, 6) is 1.09. The van der Waals surface area contributed by atoms with Gasteiger partial charge in [0.2, 0.25) is 5.76 Å². The van der Waals surface area contributed by atoms with Crippen LogP contribution in [0, 0.1) is 30.7 Å². The van der Waals surface area contributed by atoms with E-state index in [0.29, 0.717) is 18.1 Å². The highest BCUT2D eigenvalue weighted by molar-refractivity contribution is 14.1. The Morgan fingerprint density at radius 2 is 1.81 bits per heavy atom. The summed E-state index contributed by atoms with van der Waals surface area (Å²) in [5, 5.41) is 25.6. The molecule has 0 unspecified atom stereocenters. The molecule has 0 atom stereocenters. The predicted molar refractivity (Wildman–Crippen MR) is 125 cm³/mol. The molecule has 11 heteroatoms. The van der Waals surface area contributed by atoms with E-state index in [2.05, 4.69) is 27.7 Å². The van der Waals surface area contributed by atoms with Crippen molar-refractivity contribution >= 4 is 46.1 Å². The van der Waals surface area contributed by atoms with Gasteiger partial charge in [0.25, 0.3) is 5.69 Å². The molecule has 0 fully saturated rings. The van der Waals surface area contributed by atoms with Crippen LogP contribution in [-0.4, -0.2) is 21.6 Å². The quantitative estimate of drug-likeness (QED) is 0.192. The van der Waals surface area contributed by atoms with Crippen molar-refractivity contribution in [3.63, 3.8) is 0 Å². The zero-order valence-electron chi connectivity index (χ0n) is 17.1. The molecule has 32 heavy (non-hydrogen) atoms. The number of nitrogens with zero attached hydrogens (tertiary/aromatic N) is 3. The van der Waals surface area contributed by atoms with Gasteiger partial charge >= 0.3 is 5.69 Å². The monoisotopic (exact) mass is 551 g/mol. The van der Waals surface area contributed by atoms with Gasteiger partial charge in [-0.3, -0.25) is 20.2 Å². The number of non-ortho nitro benzene ring substituents is 1. The largest absolute Gasteiger partial charge is 0.490 e. The van der Waals surface area contributed by atoms with Crippen molar-refractivity contribution in [3.05, 3.63) is 82.8 Å². The van der Waals surface area contributed by atoms with Crippen LogP contribution in [0.25, 0.3) is 12.2 Å². The topological polar surface area (TPSA) is 131 Å². The number of aryl methyl sites for hydroxylation is 1. The average Bonchev–Trinajstić information content (AvgIpc) is 3.12. The lowest BCUT2D eigenvalue weighted by molar-refractivity contribution is -0.386. The van der Waals surface area contributed by atoms with Gasteiger partial charge in [0.05, 0.1) is 20.0 Å². The molecule has 0 amide bonds.